The lowest BCUT2D eigenvalue weighted by Gasteiger charge is -2.34. The molecule has 4 nitrogen and oxygen atoms in total. The van der Waals surface area contributed by atoms with Gasteiger partial charge in [-0.25, -0.2) is 0 Å². The summed E-state index contributed by atoms with van der Waals surface area (Å²) in [5.74, 6) is 0.276. The molecule has 0 aromatic heterocycles. The number of ether oxygens (including phenoxy) is 1. The van der Waals surface area contributed by atoms with Crippen LogP contribution in [0.25, 0.3) is 0 Å². The van der Waals surface area contributed by atoms with Crippen LogP contribution < -0.4 is 5.73 Å². The van der Waals surface area contributed by atoms with E-state index in [1.807, 2.05) is 0 Å². The molecule has 3 N–H and O–H groups in total. The van der Waals surface area contributed by atoms with Gasteiger partial charge in [0.05, 0.1) is 17.5 Å². The Labute approximate surface area is 110 Å². The first kappa shape index (κ1) is 13.8. The fourth-order valence-electron chi connectivity index (χ4n) is 3.34. The zero-order chi connectivity index (χ0) is 13.0. The molecule has 2 fully saturated rings. The van der Waals surface area contributed by atoms with E-state index in [9.17, 15) is 0 Å². The minimum Gasteiger partial charge on any atom is -0.388 e. The zero-order valence-electron chi connectivity index (χ0n) is 11.6. The van der Waals surface area contributed by atoms with Gasteiger partial charge < -0.3 is 15.4 Å². The number of hydrogen-bond donors (Lipinski definition) is 2. The van der Waals surface area contributed by atoms with Crippen LogP contribution in [0.4, 0.5) is 0 Å². The molecule has 0 aromatic rings. The Bertz CT molecular complexity index is 287. The summed E-state index contributed by atoms with van der Waals surface area (Å²) in [6, 6.07) is 0. The van der Waals surface area contributed by atoms with E-state index in [-0.39, 0.29) is 11.4 Å². The normalized spacial score (nSPS) is 26.9. The third-order valence-electron chi connectivity index (χ3n) is 4.38. The second-order valence-corrected chi connectivity index (χ2v) is 6.06. The molecule has 2 rings (SSSR count). The third kappa shape index (κ3) is 3.69. The lowest BCUT2D eigenvalue weighted by atomic mass is 9.83. The van der Waals surface area contributed by atoms with E-state index in [1.165, 1.54) is 44.9 Å². The Kier molecular flexibility index (Phi) is 4.62. The van der Waals surface area contributed by atoms with Gasteiger partial charge in [0, 0.05) is 19.5 Å². The highest BCUT2D eigenvalue weighted by Gasteiger charge is 2.40. The van der Waals surface area contributed by atoms with Crippen molar-refractivity contribution in [3.05, 3.63) is 0 Å². The molecule has 0 amide bonds. The highest BCUT2D eigenvalue weighted by atomic mass is 16.5. The molecule has 1 spiro atoms. The molecule has 0 radical (unpaired) electrons. The van der Waals surface area contributed by atoms with Gasteiger partial charge in [0.2, 0.25) is 0 Å². The van der Waals surface area contributed by atoms with E-state index in [4.69, 9.17) is 15.9 Å². The van der Waals surface area contributed by atoms with Gasteiger partial charge in [-0.3, -0.25) is 5.41 Å². The Hall–Kier alpha value is -0.610. The molecule has 18 heavy (non-hydrogen) atoms. The number of nitrogens with zero attached hydrogens (tertiary/aromatic N) is 1. The summed E-state index contributed by atoms with van der Waals surface area (Å²) in [5, 5.41) is 7.25. The molecule has 1 atom stereocenters. The van der Waals surface area contributed by atoms with Crippen LogP contribution in [0.5, 0.6) is 0 Å². The molecular formula is C14H27N3O. The third-order valence-corrected chi connectivity index (χ3v) is 4.38. The molecule has 4 heteroatoms. The smallest absolute Gasteiger partial charge is 0.0918 e. The van der Waals surface area contributed by atoms with Gasteiger partial charge in [0.15, 0.2) is 0 Å². The van der Waals surface area contributed by atoms with Gasteiger partial charge >= 0.3 is 0 Å². The van der Waals surface area contributed by atoms with Crippen LogP contribution >= 0.6 is 0 Å². The summed E-state index contributed by atoms with van der Waals surface area (Å²) in [5.41, 5.74) is 5.61. The van der Waals surface area contributed by atoms with Crippen LogP contribution in [0.15, 0.2) is 0 Å². The molecule has 0 bridgehead atoms. The van der Waals surface area contributed by atoms with Gasteiger partial charge in [-0.2, -0.15) is 0 Å². The van der Waals surface area contributed by atoms with E-state index in [1.54, 1.807) is 0 Å². The molecule has 0 aromatic carbocycles. The standard InChI is InChI=1S/C14H27N3O/c1-17(10-6-13(15)16)11-12-5-9-14(18-12)7-3-2-4-8-14/h12H,2-11H2,1H3,(H3,15,16). The number of amidine groups is 1. The van der Waals surface area contributed by atoms with Gasteiger partial charge in [0.25, 0.3) is 0 Å². The van der Waals surface area contributed by atoms with Crippen molar-refractivity contribution in [3.63, 3.8) is 0 Å². The highest BCUT2D eigenvalue weighted by molar-refractivity contribution is 5.76. The van der Waals surface area contributed by atoms with Gasteiger partial charge in [-0.05, 0) is 32.7 Å². The number of hydrogen-bond acceptors (Lipinski definition) is 3. The number of nitrogens with two attached hydrogens (primary N) is 1. The lowest BCUT2D eigenvalue weighted by Crippen LogP contribution is -2.36. The maximum absolute atomic E-state index is 7.25. The topological polar surface area (TPSA) is 62.3 Å². The van der Waals surface area contributed by atoms with Crippen LogP contribution in [-0.2, 0) is 4.74 Å². The SMILES string of the molecule is CN(CCC(=N)N)CC1CCC2(CCCCC2)O1. The summed E-state index contributed by atoms with van der Waals surface area (Å²) < 4.78 is 6.34. The van der Waals surface area contributed by atoms with Crippen molar-refractivity contribution in [3.8, 4) is 0 Å². The predicted octanol–water partition coefficient (Wildman–Crippen LogP) is 2.13. The van der Waals surface area contributed by atoms with E-state index in [2.05, 4.69) is 11.9 Å². The molecule has 1 unspecified atom stereocenters. The number of nitrogens with one attached hydrogen (secondary N) is 1. The maximum Gasteiger partial charge on any atom is 0.0918 e. The quantitative estimate of drug-likeness (QED) is 0.583. The van der Waals surface area contributed by atoms with Crippen LogP contribution in [-0.4, -0.2) is 42.6 Å². The first-order chi connectivity index (χ1) is 8.60. The van der Waals surface area contributed by atoms with Crippen LogP contribution in [0.3, 0.4) is 0 Å². The van der Waals surface area contributed by atoms with Gasteiger partial charge in [-0.15, -0.1) is 0 Å². The fourth-order valence-corrected chi connectivity index (χ4v) is 3.34. The Morgan fingerprint density at radius 2 is 2.06 bits per heavy atom. The predicted molar refractivity (Wildman–Crippen MR) is 74.0 cm³/mol. The largest absolute Gasteiger partial charge is 0.388 e. The van der Waals surface area contributed by atoms with E-state index < -0.39 is 0 Å². The minimum absolute atomic E-state index is 0.227. The molecule has 1 aliphatic carbocycles. The summed E-state index contributed by atoms with van der Waals surface area (Å²) in [6.45, 7) is 1.84. The van der Waals surface area contributed by atoms with Gasteiger partial charge in [0.1, 0.15) is 0 Å². The minimum atomic E-state index is 0.227. The average Bonchev–Trinajstić information content (AvgIpc) is 2.70. The van der Waals surface area contributed by atoms with Crippen LogP contribution in [0.2, 0.25) is 0 Å². The van der Waals surface area contributed by atoms with Crippen molar-refractivity contribution in [1.29, 1.82) is 5.41 Å². The van der Waals surface area contributed by atoms with Crippen molar-refractivity contribution in [2.75, 3.05) is 20.1 Å². The summed E-state index contributed by atoms with van der Waals surface area (Å²) in [4.78, 5) is 2.24. The van der Waals surface area contributed by atoms with E-state index in [0.29, 0.717) is 12.5 Å². The van der Waals surface area contributed by atoms with Crippen LogP contribution in [0.1, 0.15) is 51.4 Å². The lowest BCUT2D eigenvalue weighted by molar-refractivity contribution is -0.0700. The molecule has 1 aliphatic heterocycles. The first-order valence-electron chi connectivity index (χ1n) is 7.29. The fraction of sp³-hybridized carbons (Fsp3) is 0.929. The number of likely N-dealkylation sites (N-methyl/N-ethyl adjacent to an activating group) is 1. The first-order valence-corrected chi connectivity index (χ1v) is 7.29. The summed E-state index contributed by atoms with van der Waals surface area (Å²) in [7, 11) is 2.10. The Balaban J connectivity index is 1.73. The van der Waals surface area contributed by atoms with Crippen molar-refractivity contribution in [1.82, 2.24) is 4.90 Å². The average molecular weight is 253 g/mol. The highest BCUT2D eigenvalue weighted by Crippen LogP contribution is 2.41. The van der Waals surface area contributed by atoms with Crippen LogP contribution in [0, 0.1) is 5.41 Å². The molecule has 1 saturated carbocycles. The summed E-state index contributed by atoms with van der Waals surface area (Å²) >= 11 is 0. The molecule has 2 aliphatic rings. The van der Waals surface area contributed by atoms with Crippen molar-refractivity contribution in [2.45, 2.75) is 63.1 Å². The summed E-state index contributed by atoms with van der Waals surface area (Å²) in [6.07, 6.45) is 10.1. The second-order valence-electron chi connectivity index (χ2n) is 6.06. The Morgan fingerprint density at radius 3 is 2.72 bits per heavy atom. The molecule has 1 heterocycles. The molecule has 1 saturated heterocycles. The van der Waals surface area contributed by atoms with Gasteiger partial charge in [-0.1, -0.05) is 19.3 Å². The zero-order valence-corrected chi connectivity index (χ0v) is 11.6. The van der Waals surface area contributed by atoms with Crippen molar-refractivity contribution >= 4 is 5.84 Å². The molecular weight excluding hydrogens is 226 g/mol. The molecule has 104 valence electrons. The van der Waals surface area contributed by atoms with Crippen molar-refractivity contribution < 1.29 is 4.74 Å². The second kappa shape index (κ2) is 6.02. The Morgan fingerprint density at radius 1 is 1.33 bits per heavy atom. The van der Waals surface area contributed by atoms with Crippen molar-refractivity contribution in [2.24, 2.45) is 5.73 Å². The number of rotatable bonds is 5. The van der Waals surface area contributed by atoms with E-state index >= 15 is 0 Å². The van der Waals surface area contributed by atoms with E-state index in [0.717, 1.165) is 13.1 Å². The maximum atomic E-state index is 7.25. The monoisotopic (exact) mass is 253 g/mol.